The van der Waals surface area contributed by atoms with Crippen molar-refractivity contribution in [1.82, 2.24) is 4.90 Å². The van der Waals surface area contributed by atoms with Gasteiger partial charge in [-0.15, -0.1) is 0 Å². The summed E-state index contributed by atoms with van der Waals surface area (Å²) >= 11 is 6.41. The SMILES string of the molecule is CCCN1C2=C(C(=O)CC(C)(C)C2)C(c2cc(Cl)ccc2OCC(=O)O)C2=C1CC(C)(C)CC2=O. The third-order valence-corrected chi connectivity index (χ3v) is 7.34. The lowest BCUT2D eigenvalue weighted by molar-refractivity contribution is -0.139. The van der Waals surface area contributed by atoms with Gasteiger partial charge in [0.2, 0.25) is 0 Å². The number of ketones is 2. The van der Waals surface area contributed by atoms with Crippen LogP contribution in [-0.4, -0.2) is 40.7 Å². The van der Waals surface area contributed by atoms with Crippen LogP contribution in [0.5, 0.6) is 5.75 Å². The van der Waals surface area contributed by atoms with Crippen LogP contribution in [0.4, 0.5) is 0 Å². The molecule has 0 saturated heterocycles. The highest BCUT2D eigenvalue weighted by molar-refractivity contribution is 6.30. The second kappa shape index (κ2) is 9.12. The monoisotopic (exact) mass is 499 g/mol. The molecule has 1 aromatic carbocycles. The summed E-state index contributed by atoms with van der Waals surface area (Å²) in [6, 6.07) is 4.98. The number of halogens is 1. The Morgan fingerprint density at radius 1 is 1.03 bits per heavy atom. The maximum atomic E-state index is 13.8. The minimum absolute atomic E-state index is 0.0238. The molecule has 2 aliphatic carbocycles. The minimum atomic E-state index is -1.10. The molecule has 0 fully saturated rings. The van der Waals surface area contributed by atoms with E-state index < -0.39 is 18.5 Å². The molecule has 1 heterocycles. The molecule has 0 saturated carbocycles. The fourth-order valence-corrected chi connectivity index (χ4v) is 6.05. The Morgan fingerprint density at radius 2 is 1.57 bits per heavy atom. The first-order valence-electron chi connectivity index (χ1n) is 12.3. The van der Waals surface area contributed by atoms with Gasteiger partial charge in [0, 0.05) is 58.4 Å². The van der Waals surface area contributed by atoms with E-state index in [0.717, 1.165) is 37.2 Å². The Kier molecular flexibility index (Phi) is 6.64. The van der Waals surface area contributed by atoms with E-state index in [-0.39, 0.29) is 22.4 Å². The first-order valence-corrected chi connectivity index (χ1v) is 12.7. The van der Waals surface area contributed by atoms with E-state index in [2.05, 4.69) is 39.5 Å². The van der Waals surface area contributed by atoms with Crippen LogP contribution in [0.25, 0.3) is 0 Å². The Labute approximate surface area is 212 Å². The predicted molar refractivity (Wildman–Crippen MR) is 134 cm³/mol. The molecule has 0 amide bonds. The van der Waals surface area contributed by atoms with Crippen molar-refractivity contribution < 1.29 is 24.2 Å². The van der Waals surface area contributed by atoms with Crippen LogP contribution in [0.15, 0.2) is 40.7 Å². The molecule has 4 rings (SSSR count). The molecule has 3 aliphatic rings. The topological polar surface area (TPSA) is 83.9 Å². The number of aliphatic carboxylic acids is 1. The molecule has 188 valence electrons. The van der Waals surface area contributed by atoms with Crippen molar-refractivity contribution in [3.05, 3.63) is 51.3 Å². The van der Waals surface area contributed by atoms with E-state index in [0.29, 0.717) is 40.3 Å². The molecule has 0 radical (unpaired) electrons. The molecule has 0 atom stereocenters. The number of carboxylic acid groups (broad SMARTS) is 1. The largest absolute Gasteiger partial charge is 0.482 e. The fraction of sp³-hybridized carbons (Fsp3) is 0.536. The lowest BCUT2D eigenvalue weighted by Crippen LogP contribution is -2.44. The Morgan fingerprint density at radius 3 is 2.06 bits per heavy atom. The number of allylic oxidation sites excluding steroid dienone is 4. The van der Waals surface area contributed by atoms with Gasteiger partial charge in [-0.1, -0.05) is 46.2 Å². The van der Waals surface area contributed by atoms with Crippen LogP contribution in [0, 0.1) is 10.8 Å². The first kappa shape index (κ1) is 25.5. The average molecular weight is 500 g/mol. The Hall–Kier alpha value is -2.60. The number of hydrogen-bond donors (Lipinski definition) is 1. The zero-order chi connectivity index (χ0) is 25.7. The van der Waals surface area contributed by atoms with Gasteiger partial charge >= 0.3 is 5.97 Å². The average Bonchev–Trinajstić information content (AvgIpc) is 2.72. The summed E-state index contributed by atoms with van der Waals surface area (Å²) in [6.07, 6.45) is 3.10. The molecule has 7 heteroatoms. The molecule has 1 N–H and O–H groups in total. The second-order valence-electron chi connectivity index (χ2n) is 11.6. The van der Waals surface area contributed by atoms with E-state index in [1.165, 1.54) is 0 Å². The number of benzene rings is 1. The van der Waals surface area contributed by atoms with Gasteiger partial charge in [0.25, 0.3) is 0 Å². The number of nitrogens with zero attached hydrogens (tertiary/aromatic N) is 1. The van der Waals surface area contributed by atoms with E-state index in [1.807, 2.05) is 0 Å². The second-order valence-corrected chi connectivity index (χ2v) is 12.0. The molecule has 0 spiro atoms. The number of ether oxygens (including phenoxy) is 1. The van der Waals surface area contributed by atoms with E-state index in [1.54, 1.807) is 18.2 Å². The minimum Gasteiger partial charge on any atom is -0.482 e. The standard InChI is InChI=1S/C28H34ClNO5/c1-6-9-30-18-11-27(2,3)13-20(31)25(18)24(26-19(30)12-28(4,5)14-21(26)32)17-10-16(29)7-8-22(17)35-15-23(33)34/h7-8,10,24H,6,9,11-15H2,1-5H3,(H,33,34). The summed E-state index contributed by atoms with van der Waals surface area (Å²) in [5.74, 6) is -1.34. The summed E-state index contributed by atoms with van der Waals surface area (Å²) in [4.78, 5) is 41.0. The maximum Gasteiger partial charge on any atom is 0.341 e. The lowest BCUT2D eigenvalue weighted by Gasteiger charge is -2.49. The van der Waals surface area contributed by atoms with Gasteiger partial charge in [-0.05, 0) is 48.3 Å². The van der Waals surface area contributed by atoms with Crippen molar-refractivity contribution in [1.29, 1.82) is 0 Å². The van der Waals surface area contributed by atoms with Crippen LogP contribution in [-0.2, 0) is 14.4 Å². The van der Waals surface area contributed by atoms with Gasteiger partial charge in [0.05, 0.1) is 0 Å². The zero-order valence-corrected chi connectivity index (χ0v) is 21.9. The molecule has 6 nitrogen and oxygen atoms in total. The molecule has 0 aromatic heterocycles. The van der Waals surface area contributed by atoms with Crippen molar-refractivity contribution in [3.8, 4) is 5.75 Å². The van der Waals surface area contributed by atoms with Gasteiger partial charge < -0.3 is 14.7 Å². The summed E-state index contributed by atoms with van der Waals surface area (Å²) < 4.78 is 5.65. The quantitative estimate of drug-likeness (QED) is 0.524. The molecule has 0 unspecified atom stereocenters. The normalized spacial score (nSPS) is 21.7. The molecule has 1 aromatic rings. The first-order chi connectivity index (χ1) is 16.3. The predicted octanol–water partition coefficient (Wildman–Crippen LogP) is 5.90. The van der Waals surface area contributed by atoms with Gasteiger partial charge in [-0.3, -0.25) is 9.59 Å². The number of carbonyl (C=O) groups is 3. The number of carbonyl (C=O) groups excluding carboxylic acids is 2. The van der Waals surface area contributed by atoms with Crippen LogP contribution in [0.2, 0.25) is 5.02 Å². The van der Waals surface area contributed by atoms with Crippen LogP contribution in [0.3, 0.4) is 0 Å². The maximum absolute atomic E-state index is 13.8. The Bertz CT molecular complexity index is 1110. The number of carboxylic acids is 1. The van der Waals surface area contributed by atoms with E-state index >= 15 is 0 Å². The summed E-state index contributed by atoms with van der Waals surface area (Å²) in [6.45, 7) is 10.7. The zero-order valence-electron chi connectivity index (χ0n) is 21.2. The number of rotatable bonds is 6. The number of Topliss-reactive ketones (excluding diaryl/α,β-unsaturated/α-hetero) is 2. The van der Waals surface area contributed by atoms with Crippen molar-refractivity contribution >= 4 is 29.1 Å². The van der Waals surface area contributed by atoms with Crippen LogP contribution in [0.1, 0.15) is 78.2 Å². The third-order valence-electron chi connectivity index (χ3n) is 7.10. The molecular weight excluding hydrogens is 466 g/mol. The fourth-order valence-electron chi connectivity index (χ4n) is 5.87. The van der Waals surface area contributed by atoms with Gasteiger partial charge in [0.15, 0.2) is 18.2 Å². The van der Waals surface area contributed by atoms with Crippen molar-refractivity contribution in [2.75, 3.05) is 13.2 Å². The summed E-state index contributed by atoms with van der Waals surface area (Å²) in [5.41, 5.74) is 3.40. The van der Waals surface area contributed by atoms with E-state index in [4.69, 9.17) is 16.3 Å². The highest BCUT2D eigenvalue weighted by Gasteiger charge is 2.49. The summed E-state index contributed by atoms with van der Waals surface area (Å²) in [7, 11) is 0. The third kappa shape index (κ3) is 4.90. The van der Waals surface area contributed by atoms with Crippen LogP contribution >= 0.6 is 11.6 Å². The summed E-state index contributed by atoms with van der Waals surface area (Å²) in [5, 5.41) is 9.65. The van der Waals surface area contributed by atoms with Crippen LogP contribution < -0.4 is 4.74 Å². The van der Waals surface area contributed by atoms with Crippen molar-refractivity contribution in [2.24, 2.45) is 10.8 Å². The molecule has 0 bridgehead atoms. The molecule has 35 heavy (non-hydrogen) atoms. The lowest BCUT2D eigenvalue weighted by atomic mass is 9.63. The molecule has 1 aliphatic heterocycles. The van der Waals surface area contributed by atoms with Crippen molar-refractivity contribution in [3.63, 3.8) is 0 Å². The van der Waals surface area contributed by atoms with Gasteiger partial charge in [0.1, 0.15) is 5.75 Å². The van der Waals surface area contributed by atoms with Gasteiger partial charge in [-0.2, -0.15) is 0 Å². The van der Waals surface area contributed by atoms with E-state index in [9.17, 15) is 19.5 Å². The van der Waals surface area contributed by atoms with Crippen molar-refractivity contribution in [2.45, 2.75) is 72.6 Å². The smallest absolute Gasteiger partial charge is 0.341 e. The highest BCUT2D eigenvalue weighted by atomic mass is 35.5. The number of hydrogen-bond acceptors (Lipinski definition) is 5. The Balaban J connectivity index is 2.01. The highest BCUT2D eigenvalue weighted by Crippen LogP contribution is 2.55. The van der Waals surface area contributed by atoms with Gasteiger partial charge in [-0.25, -0.2) is 4.79 Å². The molecular formula is C28H34ClNO5.